The number of aryl methyl sites for hydroxylation is 1. The second kappa shape index (κ2) is 17.6. The molecular formula is C37H38N10O7S. The number of fused-ring (bicyclic) bond motifs is 2. The summed E-state index contributed by atoms with van der Waals surface area (Å²) in [7, 11) is 3.04. The van der Waals surface area contributed by atoms with E-state index in [-0.39, 0.29) is 29.8 Å². The van der Waals surface area contributed by atoms with E-state index in [1.165, 1.54) is 19.4 Å². The zero-order valence-electron chi connectivity index (χ0n) is 30.4. The minimum atomic E-state index is -0.353. The number of nitrogens with zero attached hydrogens (tertiary/aromatic N) is 7. The van der Waals surface area contributed by atoms with E-state index in [9.17, 15) is 9.59 Å². The molecule has 0 radical (unpaired) electrons. The van der Waals surface area contributed by atoms with E-state index in [4.69, 9.17) is 34.6 Å². The molecule has 2 unspecified atom stereocenters. The predicted octanol–water partition coefficient (Wildman–Crippen LogP) is 5.38. The third-order valence-electron chi connectivity index (χ3n) is 8.44. The van der Waals surface area contributed by atoms with Crippen molar-refractivity contribution in [3.8, 4) is 23.3 Å². The number of esters is 1. The summed E-state index contributed by atoms with van der Waals surface area (Å²) in [5.74, 6) is 1.97. The second-order valence-electron chi connectivity index (χ2n) is 11.9. The molecule has 3 N–H and O–H groups in total. The van der Waals surface area contributed by atoms with Crippen molar-refractivity contribution in [2.75, 3.05) is 26.6 Å². The van der Waals surface area contributed by atoms with Crippen molar-refractivity contribution >= 4 is 41.1 Å². The molecule has 0 aromatic carbocycles. The third kappa shape index (κ3) is 8.71. The Balaban J connectivity index is 0.000000190. The first kappa shape index (κ1) is 38.3. The predicted molar refractivity (Wildman–Crippen MR) is 201 cm³/mol. The van der Waals surface area contributed by atoms with Crippen molar-refractivity contribution in [1.29, 1.82) is 10.9 Å². The van der Waals surface area contributed by atoms with Gasteiger partial charge in [-0.15, -0.1) is 16.9 Å². The van der Waals surface area contributed by atoms with Crippen LogP contribution in [-0.2, 0) is 22.7 Å². The van der Waals surface area contributed by atoms with Crippen LogP contribution < -0.4 is 24.3 Å². The number of rotatable bonds is 13. The Morgan fingerprint density at radius 3 is 2.49 bits per heavy atom. The Labute approximate surface area is 319 Å². The molecule has 17 nitrogen and oxygen atoms in total. The third-order valence-corrected chi connectivity index (χ3v) is 9.69. The average Bonchev–Trinajstić information content (AvgIpc) is 4.00. The maximum absolute atomic E-state index is 12.1. The second-order valence-corrected chi connectivity index (χ2v) is 13.0. The number of amidine groups is 1. The van der Waals surface area contributed by atoms with Crippen molar-refractivity contribution in [1.82, 2.24) is 34.1 Å². The highest BCUT2D eigenvalue weighted by atomic mass is 32.2. The normalized spacial score (nSPS) is 14.8. The highest BCUT2D eigenvalue weighted by molar-refractivity contribution is 7.99. The standard InChI is InChI=1S/C21H24N4O4S.C16H14N6O3/c1-4-28-21(26)16-12-30-20(24-16)15-8-18(27-3)22-10-17(15)29-11-14-6-5-7-25-13(2)9-23-19(14)25;1-24-14-5-11(8-23)13(6-20-14)25-9-12-4-10(15(17)21-18)7-22-3-2-19-16(12)22/h5-10,16,20,24H,4,11-12H2,1-3H3;2-8,17-18H,9H2,1H3. The van der Waals surface area contributed by atoms with Crippen molar-refractivity contribution < 1.29 is 33.3 Å². The quantitative estimate of drug-likeness (QED) is 0.0444. The Bertz CT molecular complexity index is 2350. The zero-order valence-corrected chi connectivity index (χ0v) is 31.2. The topological polar surface area (TPSA) is 213 Å². The number of hydrogen-bond donors (Lipinski definition) is 3. The first-order valence-electron chi connectivity index (χ1n) is 16.9. The molecule has 0 bridgehead atoms. The maximum atomic E-state index is 12.1. The van der Waals surface area contributed by atoms with Crippen molar-refractivity contribution in [2.24, 2.45) is 5.11 Å². The number of carbonyl (C=O) groups is 2. The van der Waals surface area contributed by atoms with Crippen LogP contribution in [0.15, 0.2) is 78.8 Å². The molecule has 6 aromatic rings. The fourth-order valence-corrected chi connectivity index (χ4v) is 6.93. The number of methoxy groups -OCH3 is 2. The summed E-state index contributed by atoms with van der Waals surface area (Å²) >= 11 is 1.63. The summed E-state index contributed by atoms with van der Waals surface area (Å²) < 4.78 is 31.0. The zero-order chi connectivity index (χ0) is 38.9. The van der Waals surface area contributed by atoms with Gasteiger partial charge in [-0.1, -0.05) is 6.07 Å². The van der Waals surface area contributed by atoms with E-state index >= 15 is 0 Å². The first-order valence-corrected chi connectivity index (χ1v) is 18.0. The highest BCUT2D eigenvalue weighted by Gasteiger charge is 2.33. The van der Waals surface area contributed by atoms with Crippen LogP contribution in [0.1, 0.15) is 50.6 Å². The van der Waals surface area contributed by atoms with E-state index in [1.807, 2.05) is 41.9 Å². The van der Waals surface area contributed by atoms with Gasteiger partial charge >= 0.3 is 5.97 Å². The Kier molecular flexibility index (Phi) is 12.3. The van der Waals surface area contributed by atoms with Gasteiger partial charge in [0.25, 0.3) is 0 Å². The number of nitrogens with one attached hydrogen (secondary N) is 3. The molecular weight excluding hydrogens is 729 g/mol. The minimum Gasteiger partial charge on any atom is -0.487 e. The van der Waals surface area contributed by atoms with Gasteiger partial charge in [-0.2, -0.15) is 0 Å². The van der Waals surface area contributed by atoms with Crippen LogP contribution in [0.25, 0.3) is 11.3 Å². The number of ether oxygens (including phenoxy) is 5. The van der Waals surface area contributed by atoms with Crippen LogP contribution in [0.5, 0.6) is 23.3 Å². The van der Waals surface area contributed by atoms with Crippen LogP contribution in [0.3, 0.4) is 0 Å². The van der Waals surface area contributed by atoms with Gasteiger partial charge in [0.1, 0.15) is 42.0 Å². The van der Waals surface area contributed by atoms with Crippen LogP contribution >= 0.6 is 11.8 Å². The smallest absolute Gasteiger partial charge is 0.324 e. The number of pyridine rings is 4. The van der Waals surface area contributed by atoms with Gasteiger partial charge < -0.3 is 32.5 Å². The summed E-state index contributed by atoms with van der Waals surface area (Å²) in [5.41, 5.74) is 12.9. The summed E-state index contributed by atoms with van der Waals surface area (Å²) in [4.78, 5) is 40.4. The monoisotopic (exact) mass is 766 g/mol. The Hall–Kier alpha value is -6.40. The van der Waals surface area contributed by atoms with Crippen molar-refractivity contribution in [3.05, 3.63) is 107 Å². The minimum absolute atomic E-state index is 0.106. The van der Waals surface area contributed by atoms with Crippen molar-refractivity contribution in [2.45, 2.75) is 38.5 Å². The number of thioether (sulfide) groups is 1. The fourth-order valence-electron chi connectivity index (χ4n) is 5.69. The van der Waals surface area contributed by atoms with E-state index in [1.54, 1.807) is 61.0 Å². The highest BCUT2D eigenvalue weighted by Crippen LogP contribution is 2.39. The summed E-state index contributed by atoms with van der Waals surface area (Å²) in [6, 6.07) is 8.63. The Morgan fingerprint density at radius 2 is 1.75 bits per heavy atom. The number of carbonyl (C=O) groups excluding carboxylic acids is 2. The van der Waals surface area contributed by atoms with E-state index in [0.717, 1.165) is 22.5 Å². The van der Waals surface area contributed by atoms with Gasteiger partial charge in [-0.05, 0) is 26.0 Å². The van der Waals surface area contributed by atoms with Crippen LogP contribution in [0.4, 0.5) is 0 Å². The molecule has 7 heterocycles. The summed E-state index contributed by atoms with van der Waals surface area (Å²) in [5, 5.41) is 14.0. The lowest BCUT2D eigenvalue weighted by molar-refractivity contribution is -0.144. The molecule has 1 aliphatic heterocycles. The largest absolute Gasteiger partial charge is 0.487 e. The van der Waals surface area contributed by atoms with E-state index in [0.29, 0.717) is 70.8 Å². The molecule has 284 valence electrons. The molecule has 55 heavy (non-hydrogen) atoms. The van der Waals surface area contributed by atoms with Crippen LogP contribution in [0, 0.1) is 17.9 Å². The van der Waals surface area contributed by atoms with Crippen LogP contribution in [0.2, 0.25) is 0 Å². The summed E-state index contributed by atoms with van der Waals surface area (Å²) in [6.45, 7) is 4.63. The first-order chi connectivity index (χ1) is 26.8. The van der Waals surface area contributed by atoms with E-state index < -0.39 is 0 Å². The number of imidazole rings is 2. The lowest BCUT2D eigenvalue weighted by atomic mass is 10.2. The Morgan fingerprint density at radius 1 is 1.00 bits per heavy atom. The van der Waals surface area contributed by atoms with Crippen molar-refractivity contribution in [3.63, 3.8) is 0 Å². The van der Waals surface area contributed by atoms with Gasteiger partial charge in [-0.3, -0.25) is 20.3 Å². The molecule has 1 saturated heterocycles. The van der Waals surface area contributed by atoms with Gasteiger partial charge in [0.05, 0.1) is 44.2 Å². The number of aldehydes is 1. The van der Waals surface area contributed by atoms with Gasteiger partial charge in [0.15, 0.2) is 12.1 Å². The lowest BCUT2D eigenvalue weighted by Gasteiger charge is -2.18. The molecule has 0 spiro atoms. The van der Waals surface area contributed by atoms with Crippen LogP contribution in [-0.4, -0.2) is 79.4 Å². The molecule has 2 atom stereocenters. The SMILES string of the molecule is CCOC(=O)C1CSC(c2cc(OC)ncc2OCc2cccn3c(C)cnc23)N1.COc1cc(C=O)c(OCc2cc(C(=N)N=N)cn3ccnc23)cn1. The molecule has 18 heteroatoms. The lowest BCUT2D eigenvalue weighted by Crippen LogP contribution is -2.35. The maximum Gasteiger partial charge on any atom is 0.324 e. The summed E-state index contributed by atoms with van der Waals surface area (Å²) in [6.07, 6.45) is 12.6. The average molecular weight is 767 g/mol. The number of aromatic nitrogens is 6. The molecule has 0 amide bonds. The molecule has 7 rings (SSSR count). The van der Waals surface area contributed by atoms with Gasteiger partial charge in [0, 0.05) is 76.8 Å². The molecule has 1 aliphatic rings. The molecule has 1 fully saturated rings. The fraction of sp³-hybridized carbons (Fsp3) is 0.270. The molecule has 0 aliphatic carbocycles. The molecule has 6 aromatic heterocycles. The van der Waals surface area contributed by atoms with E-state index in [2.05, 4.69) is 30.4 Å². The molecule has 0 saturated carbocycles. The van der Waals surface area contributed by atoms with Gasteiger partial charge in [0.2, 0.25) is 11.8 Å². The number of hydrogen-bond acceptors (Lipinski definition) is 15. The van der Waals surface area contributed by atoms with Gasteiger partial charge in [-0.25, -0.2) is 25.5 Å².